The third kappa shape index (κ3) is 7.01. The van der Waals surface area contributed by atoms with Gasteiger partial charge in [-0.3, -0.25) is 14.6 Å². The van der Waals surface area contributed by atoms with Crippen LogP contribution in [0.4, 0.5) is 5.69 Å². The summed E-state index contributed by atoms with van der Waals surface area (Å²) in [6.45, 7) is 0.154. The number of anilines is 1. The van der Waals surface area contributed by atoms with Gasteiger partial charge >= 0.3 is 0 Å². The summed E-state index contributed by atoms with van der Waals surface area (Å²) < 4.78 is 11.1. The van der Waals surface area contributed by atoms with Crippen LogP contribution < -0.4 is 20.1 Å². The number of ether oxygens (including phenoxy) is 2. The van der Waals surface area contributed by atoms with Crippen molar-refractivity contribution >= 4 is 23.6 Å². The molecule has 1 heterocycles. The first-order valence-corrected chi connectivity index (χ1v) is 9.64. The number of carbonyl (C=O) groups is 2. The van der Waals surface area contributed by atoms with E-state index in [9.17, 15) is 9.59 Å². The summed E-state index contributed by atoms with van der Waals surface area (Å²) >= 11 is 0. The number of aromatic nitrogens is 1. The molecule has 31 heavy (non-hydrogen) atoms. The Morgan fingerprint density at radius 3 is 2.61 bits per heavy atom. The fourth-order valence-electron chi connectivity index (χ4n) is 2.68. The molecule has 1 aromatic heterocycles. The average Bonchev–Trinajstić information content (AvgIpc) is 2.81. The molecule has 7 heteroatoms. The number of benzene rings is 2. The third-order valence-electron chi connectivity index (χ3n) is 4.21. The van der Waals surface area contributed by atoms with Crippen LogP contribution in [0.25, 0.3) is 6.08 Å². The van der Waals surface area contributed by atoms with E-state index >= 15 is 0 Å². The number of nitrogens with one attached hydrogen (secondary N) is 2. The second-order valence-corrected chi connectivity index (χ2v) is 6.53. The van der Waals surface area contributed by atoms with Crippen molar-refractivity contribution in [1.82, 2.24) is 10.3 Å². The lowest BCUT2D eigenvalue weighted by Gasteiger charge is -2.13. The van der Waals surface area contributed by atoms with Crippen LogP contribution in [0.1, 0.15) is 11.1 Å². The average molecular weight is 417 g/mol. The summed E-state index contributed by atoms with van der Waals surface area (Å²) in [4.78, 5) is 28.2. The molecule has 0 aliphatic heterocycles. The summed E-state index contributed by atoms with van der Waals surface area (Å²) in [7, 11) is 1.54. The zero-order chi connectivity index (χ0) is 21.9. The molecule has 0 bridgehead atoms. The lowest BCUT2D eigenvalue weighted by atomic mass is 10.2. The second kappa shape index (κ2) is 11.2. The highest BCUT2D eigenvalue weighted by molar-refractivity contribution is 5.98. The van der Waals surface area contributed by atoms with Gasteiger partial charge in [0.1, 0.15) is 6.61 Å². The van der Waals surface area contributed by atoms with E-state index in [1.807, 2.05) is 42.5 Å². The van der Waals surface area contributed by atoms with Crippen molar-refractivity contribution in [2.75, 3.05) is 19.0 Å². The predicted octanol–water partition coefficient (Wildman–Crippen LogP) is 3.44. The van der Waals surface area contributed by atoms with Crippen molar-refractivity contribution < 1.29 is 19.1 Å². The molecule has 0 aliphatic rings. The summed E-state index contributed by atoms with van der Waals surface area (Å²) in [6.07, 6.45) is 6.48. The molecular weight excluding hydrogens is 394 g/mol. The molecule has 2 N–H and O–H groups in total. The molecule has 0 atom stereocenters. The molecule has 0 spiro atoms. The number of rotatable bonds is 9. The van der Waals surface area contributed by atoms with Gasteiger partial charge in [-0.05, 0) is 29.8 Å². The maximum absolute atomic E-state index is 12.2. The van der Waals surface area contributed by atoms with Crippen molar-refractivity contribution in [2.45, 2.75) is 6.61 Å². The van der Waals surface area contributed by atoms with Gasteiger partial charge in [0.15, 0.2) is 11.5 Å². The Balaban J connectivity index is 1.53. The molecule has 0 aliphatic carbocycles. The van der Waals surface area contributed by atoms with Gasteiger partial charge in [-0.25, -0.2) is 0 Å². The summed E-state index contributed by atoms with van der Waals surface area (Å²) in [5.74, 6) is 0.319. The molecule has 0 radical (unpaired) electrons. The van der Waals surface area contributed by atoms with Gasteiger partial charge in [-0.1, -0.05) is 36.4 Å². The minimum Gasteiger partial charge on any atom is -0.493 e. The van der Waals surface area contributed by atoms with Gasteiger partial charge in [0, 0.05) is 35.8 Å². The van der Waals surface area contributed by atoms with Crippen molar-refractivity contribution in [3.05, 3.63) is 90.3 Å². The Hall–Kier alpha value is -4.13. The lowest BCUT2D eigenvalue weighted by Crippen LogP contribution is -2.31. The normalized spacial score (nSPS) is 10.5. The monoisotopic (exact) mass is 417 g/mol. The number of amides is 2. The Labute approximate surface area is 180 Å². The van der Waals surface area contributed by atoms with Crippen molar-refractivity contribution in [1.29, 1.82) is 0 Å². The van der Waals surface area contributed by atoms with Gasteiger partial charge in [-0.2, -0.15) is 0 Å². The van der Waals surface area contributed by atoms with E-state index in [0.29, 0.717) is 23.8 Å². The zero-order valence-electron chi connectivity index (χ0n) is 17.1. The zero-order valence-corrected chi connectivity index (χ0v) is 17.1. The SMILES string of the molecule is COc1ccc(NC(=O)CNC(=O)/C=C/c2ccccc2)cc1OCc1cccnc1. The summed E-state index contributed by atoms with van der Waals surface area (Å²) in [5, 5.41) is 5.29. The standard InChI is InChI=1S/C24H23N3O4/c1-30-21-11-10-20(14-22(21)31-17-19-8-5-13-25-15-19)27-24(29)16-26-23(28)12-9-18-6-3-2-4-7-18/h2-15H,16-17H2,1H3,(H,26,28)(H,27,29)/b12-9+. The molecule has 0 unspecified atom stereocenters. The smallest absolute Gasteiger partial charge is 0.244 e. The molecule has 3 aromatic rings. The highest BCUT2D eigenvalue weighted by Crippen LogP contribution is 2.30. The van der Waals surface area contributed by atoms with Crippen LogP contribution in [0, 0.1) is 0 Å². The number of hydrogen-bond donors (Lipinski definition) is 2. The van der Waals surface area contributed by atoms with Gasteiger partial charge in [0.05, 0.1) is 13.7 Å². The first kappa shape index (κ1) is 21.6. The van der Waals surface area contributed by atoms with E-state index in [2.05, 4.69) is 15.6 Å². The van der Waals surface area contributed by atoms with E-state index in [1.165, 1.54) is 6.08 Å². The highest BCUT2D eigenvalue weighted by atomic mass is 16.5. The topological polar surface area (TPSA) is 89.6 Å². The maximum Gasteiger partial charge on any atom is 0.244 e. The Morgan fingerprint density at radius 1 is 1.03 bits per heavy atom. The quantitative estimate of drug-likeness (QED) is 0.521. The van der Waals surface area contributed by atoms with Gasteiger partial charge in [0.2, 0.25) is 11.8 Å². The van der Waals surface area contributed by atoms with Gasteiger partial charge < -0.3 is 20.1 Å². The van der Waals surface area contributed by atoms with Crippen LogP contribution in [0.5, 0.6) is 11.5 Å². The Morgan fingerprint density at radius 2 is 1.87 bits per heavy atom. The molecular formula is C24H23N3O4. The van der Waals surface area contributed by atoms with Crippen LogP contribution in [-0.4, -0.2) is 30.5 Å². The second-order valence-electron chi connectivity index (χ2n) is 6.53. The largest absolute Gasteiger partial charge is 0.493 e. The van der Waals surface area contributed by atoms with Crippen LogP contribution in [0.3, 0.4) is 0 Å². The van der Waals surface area contributed by atoms with Crippen molar-refractivity contribution in [3.63, 3.8) is 0 Å². The van der Waals surface area contributed by atoms with E-state index in [4.69, 9.17) is 9.47 Å². The number of nitrogens with zero attached hydrogens (tertiary/aromatic N) is 1. The van der Waals surface area contributed by atoms with Crippen LogP contribution in [0.2, 0.25) is 0 Å². The first-order valence-electron chi connectivity index (χ1n) is 9.64. The minimum atomic E-state index is -0.357. The molecule has 3 rings (SSSR count). The van der Waals surface area contributed by atoms with Crippen molar-refractivity contribution in [3.8, 4) is 11.5 Å². The molecule has 0 saturated carbocycles. The molecule has 2 aromatic carbocycles. The molecule has 7 nitrogen and oxygen atoms in total. The van der Waals surface area contributed by atoms with Gasteiger partial charge in [0.25, 0.3) is 0 Å². The Bertz CT molecular complexity index is 1040. The summed E-state index contributed by atoms with van der Waals surface area (Å²) in [5.41, 5.74) is 2.34. The Kier molecular flexibility index (Phi) is 7.77. The van der Waals surface area contributed by atoms with E-state index in [1.54, 1.807) is 43.8 Å². The maximum atomic E-state index is 12.2. The molecule has 2 amide bonds. The highest BCUT2D eigenvalue weighted by Gasteiger charge is 2.09. The van der Waals surface area contributed by atoms with E-state index < -0.39 is 0 Å². The number of carbonyl (C=O) groups excluding carboxylic acids is 2. The van der Waals surface area contributed by atoms with Gasteiger partial charge in [-0.15, -0.1) is 0 Å². The molecule has 158 valence electrons. The number of pyridine rings is 1. The minimum absolute atomic E-state index is 0.157. The number of methoxy groups -OCH3 is 1. The van der Waals surface area contributed by atoms with Crippen molar-refractivity contribution in [2.24, 2.45) is 0 Å². The first-order chi connectivity index (χ1) is 15.1. The lowest BCUT2D eigenvalue weighted by molar-refractivity contribution is -0.121. The fraction of sp³-hybridized carbons (Fsp3) is 0.125. The third-order valence-corrected chi connectivity index (χ3v) is 4.21. The molecule has 0 fully saturated rings. The predicted molar refractivity (Wildman–Crippen MR) is 119 cm³/mol. The summed E-state index contributed by atoms with van der Waals surface area (Å²) in [6, 6.07) is 18.2. The molecule has 0 saturated heterocycles. The van der Waals surface area contributed by atoms with E-state index in [-0.39, 0.29) is 18.4 Å². The fourth-order valence-corrected chi connectivity index (χ4v) is 2.68. The number of hydrogen-bond acceptors (Lipinski definition) is 5. The van der Waals surface area contributed by atoms with Crippen LogP contribution in [0.15, 0.2) is 79.1 Å². The van der Waals surface area contributed by atoms with Crippen LogP contribution in [-0.2, 0) is 16.2 Å². The van der Waals surface area contributed by atoms with Crippen LogP contribution >= 0.6 is 0 Å². The van der Waals surface area contributed by atoms with E-state index in [0.717, 1.165) is 11.1 Å².